The average molecular weight is 358 g/mol. The lowest BCUT2D eigenvalue weighted by molar-refractivity contribution is -0.147. The largest absolute Gasteiger partial charge is 0.480 e. The molecular formula is C20H39NO4. The van der Waals surface area contributed by atoms with Crippen molar-refractivity contribution in [1.82, 2.24) is 0 Å². The van der Waals surface area contributed by atoms with Gasteiger partial charge in [0, 0.05) is 12.8 Å². The standard InChI is InChI=1S/C20H39NO4/c1-3-4-5-11-14-18(23)15-12-9-7-6-8-10-13-17(2)20(21,16-22)19(24)25/h17,22H,3-16,21H2,1-2H3,(H,24,25)/t17-,20+/m1/s1. The molecule has 0 saturated heterocycles. The van der Waals surface area contributed by atoms with Crippen LogP contribution in [-0.2, 0) is 9.59 Å². The first-order chi connectivity index (χ1) is 11.9. The van der Waals surface area contributed by atoms with E-state index in [0.29, 0.717) is 18.6 Å². The molecule has 0 saturated carbocycles. The van der Waals surface area contributed by atoms with E-state index in [0.717, 1.165) is 51.4 Å². The maximum absolute atomic E-state index is 11.7. The van der Waals surface area contributed by atoms with Gasteiger partial charge in [0.15, 0.2) is 0 Å². The van der Waals surface area contributed by atoms with Gasteiger partial charge in [-0.15, -0.1) is 0 Å². The van der Waals surface area contributed by atoms with Gasteiger partial charge in [-0.1, -0.05) is 65.2 Å². The van der Waals surface area contributed by atoms with Crippen molar-refractivity contribution in [2.75, 3.05) is 6.61 Å². The highest BCUT2D eigenvalue weighted by atomic mass is 16.4. The van der Waals surface area contributed by atoms with Gasteiger partial charge in [0.05, 0.1) is 6.61 Å². The molecule has 0 aliphatic heterocycles. The fourth-order valence-corrected chi connectivity index (χ4v) is 3.05. The van der Waals surface area contributed by atoms with Crippen molar-refractivity contribution >= 4 is 11.8 Å². The second kappa shape index (κ2) is 14.3. The first-order valence-corrected chi connectivity index (χ1v) is 10.0. The monoisotopic (exact) mass is 357 g/mol. The highest BCUT2D eigenvalue weighted by Crippen LogP contribution is 2.22. The van der Waals surface area contributed by atoms with E-state index in [4.69, 9.17) is 10.8 Å². The molecule has 0 aliphatic carbocycles. The lowest BCUT2D eigenvalue weighted by atomic mass is 9.83. The molecule has 0 aromatic heterocycles. The summed E-state index contributed by atoms with van der Waals surface area (Å²) in [4.78, 5) is 22.9. The van der Waals surface area contributed by atoms with Gasteiger partial charge >= 0.3 is 5.97 Å². The number of hydrogen-bond acceptors (Lipinski definition) is 4. The molecule has 0 aromatic rings. The Balaban J connectivity index is 3.58. The summed E-state index contributed by atoms with van der Waals surface area (Å²) < 4.78 is 0. The number of Topliss-reactive ketones (excluding diaryl/α,β-unsaturated/α-hetero) is 1. The predicted molar refractivity (Wildman–Crippen MR) is 102 cm³/mol. The Bertz CT molecular complexity index is 373. The third-order valence-corrected chi connectivity index (χ3v) is 5.19. The number of ketones is 1. The van der Waals surface area contributed by atoms with E-state index < -0.39 is 18.1 Å². The molecule has 0 unspecified atom stereocenters. The van der Waals surface area contributed by atoms with E-state index in [-0.39, 0.29) is 5.92 Å². The minimum absolute atomic E-state index is 0.250. The number of aliphatic hydroxyl groups excluding tert-OH is 1. The molecule has 2 atom stereocenters. The van der Waals surface area contributed by atoms with Crippen LogP contribution in [-0.4, -0.2) is 34.1 Å². The summed E-state index contributed by atoms with van der Waals surface area (Å²) in [5.74, 6) is -0.982. The van der Waals surface area contributed by atoms with Crippen molar-refractivity contribution in [1.29, 1.82) is 0 Å². The second-order valence-corrected chi connectivity index (χ2v) is 7.41. The number of aliphatic hydroxyl groups is 1. The van der Waals surface area contributed by atoms with Crippen LogP contribution in [0, 0.1) is 5.92 Å². The first kappa shape index (κ1) is 24.1. The molecule has 0 bridgehead atoms. The molecule has 0 rings (SSSR count). The zero-order valence-electron chi connectivity index (χ0n) is 16.3. The fourth-order valence-electron chi connectivity index (χ4n) is 3.05. The third kappa shape index (κ3) is 10.6. The van der Waals surface area contributed by atoms with Gasteiger partial charge in [0.1, 0.15) is 11.3 Å². The molecule has 0 amide bonds. The zero-order chi connectivity index (χ0) is 19.1. The molecule has 0 fully saturated rings. The number of aliphatic carboxylic acids is 1. The maximum atomic E-state index is 11.7. The summed E-state index contributed by atoms with van der Waals surface area (Å²) in [5.41, 5.74) is 4.23. The number of carbonyl (C=O) groups is 2. The number of hydrogen-bond donors (Lipinski definition) is 3. The Labute approximate surface area is 153 Å². The van der Waals surface area contributed by atoms with Crippen molar-refractivity contribution in [2.24, 2.45) is 11.7 Å². The van der Waals surface area contributed by atoms with E-state index in [1.54, 1.807) is 6.92 Å². The van der Waals surface area contributed by atoms with E-state index in [1.165, 1.54) is 19.3 Å². The highest BCUT2D eigenvalue weighted by Gasteiger charge is 2.38. The van der Waals surface area contributed by atoms with E-state index in [2.05, 4.69) is 6.92 Å². The van der Waals surface area contributed by atoms with Crippen molar-refractivity contribution < 1.29 is 19.8 Å². The predicted octanol–water partition coefficient (Wildman–Crippen LogP) is 4.06. The van der Waals surface area contributed by atoms with Crippen LogP contribution in [0.1, 0.15) is 97.3 Å². The summed E-state index contributed by atoms with van der Waals surface area (Å²) in [7, 11) is 0. The smallest absolute Gasteiger partial charge is 0.326 e. The van der Waals surface area contributed by atoms with Crippen LogP contribution in [0.25, 0.3) is 0 Å². The summed E-state index contributed by atoms with van der Waals surface area (Å²) in [6.07, 6.45) is 13.0. The Morgan fingerprint density at radius 3 is 1.88 bits per heavy atom. The van der Waals surface area contributed by atoms with Gasteiger partial charge in [0.25, 0.3) is 0 Å². The fraction of sp³-hybridized carbons (Fsp3) is 0.900. The SMILES string of the molecule is CCCCCCC(=O)CCCCCCCC[C@@H](C)[C@@](N)(CO)C(=O)O. The van der Waals surface area contributed by atoms with Gasteiger partial charge < -0.3 is 15.9 Å². The van der Waals surface area contributed by atoms with Crippen molar-refractivity contribution in [3.8, 4) is 0 Å². The molecule has 0 spiro atoms. The molecule has 5 nitrogen and oxygen atoms in total. The van der Waals surface area contributed by atoms with Crippen molar-refractivity contribution in [3.63, 3.8) is 0 Å². The Morgan fingerprint density at radius 1 is 0.920 bits per heavy atom. The minimum Gasteiger partial charge on any atom is -0.480 e. The number of carboxylic acid groups (broad SMARTS) is 1. The van der Waals surface area contributed by atoms with Crippen LogP contribution in [0.2, 0.25) is 0 Å². The van der Waals surface area contributed by atoms with Crippen LogP contribution in [0.15, 0.2) is 0 Å². The average Bonchev–Trinajstić information content (AvgIpc) is 2.59. The Hall–Kier alpha value is -0.940. The number of nitrogens with two attached hydrogens (primary N) is 1. The van der Waals surface area contributed by atoms with Crippen LogP contribution < -0.4 is 5.73 Å². The van der Waals surface area contributed by atoms with Gasteiger partial charge in [-0.2, -0.15) is 0 Å². The topological polar surface area (TPSA) is 101 Å². The third-order valence-electron chi connectivity index (χ3n) is 5.19. The second-order valence-electron chi connectivity index (χ2n) is 7.41. The van der Waals surface area contributed by atoms with Crippen LogP contribution in [0.5, 0.6) is 0 Å². The van der Waals surface area contributed by atoms with Gasteiger partial charge in [0.2, 0.25) is 0 Å². The van der Waals surface area contributed by atoms with Crippen LogP contribution in [0.3, 0.4) is 0 Å². The number of rotatable bonds is 17. The lowest BCUT2D eigenvalue weighted by Crippen LogP contribution is -2.56. The number of unbranched alkanes of at least 4 members (excludes halogenated alkanes) is 8. The molecule has 148 valence electrons. The number of carbonyl (C=O) groups excluding carboxylic acids is 1. The van der Waals surface area contributed by atoms with Crippen molar-refractivity contribution in [3.05, 3.63) is 0 Å². The molecule has 25 heavy (non-hydrogen) atoms. The maximum Gasteiger partial charge on any atom is 0.326 e. The normalized spacial score (nSPS) is 14.9. The van der Waals surface area contributed by atoms with Gasteiger partial charge in [-0.05, 0) is 25.2 Å². The first-order valence-electron chi connectivity index (χ1n) is 10.0. The number of carboxylic acids is 1. The molecular weight excluding hydrogens is 318 g/mol. The minimum atomic E-state index is -1.53. The van der Waals surface area contributed by atoms with Gasteiger partial charge in [-0.25, -0.2) is 0 Å². The molecule has 0 radical (unpaired) electrons. The summed E-state index contributed by atoms with van der Waals surface area (Å²) >= 11 is 0. The molecule has 0 aromatic carbocycles. The molecule has 0 aliphatic rings. The van der Waals surface area contributed by atoms with E-state index >= 15 is 0 Å². The van der Waals surface area contributed by atoms with E-state index in [1.807, 2.05) is 0 Å². The summed E-state index contributed by atoms with van der Waals surface area (Å²) in [6, 6.07) is 0. The Kier molecular flexibility index (Phi) is 13.7. The van der Waals surface area contributed by atoms with Crippen molar-refractivity contribution in [2.45, 2.75) is 103 Å². The molecule has 5 heteroatoms. The zero-order valence-corrected chi connectivity index (χ0v) is 16.3. The Morgan fingerprint density at radius 2 is 1.40 bits per heavy atom. The summed E-state index contributed by atoms with van der Waals surface area (Å²) in [5, 5.41) is 18.3. The molecule has 4 N–H and O–H groups in total. The highest BCUT2D eigenvalue weighted by molar-refractivity contribution is 5.79. The van der Waals surface area contributed by atoms with E-state index in [9.17, 15) is 14.7 Å². The molecule has 0 heterocycles. The van der Waals surface area contributed by atoms with Crippen LogP contribution in [0.4, 0.5) is 0 Å². The quantitative estimate of drug-likeness (QED) is 0.341. The van der Waals surface area contributed by atoms with Gasteiger partial charge in [-0.3, -0.25) is 9.59 Å². The van der Waals surface area contributed by atoms with Crippen LogP contribution >= 0.6 is 0 Å². The lowest BCUT2D eigenvalue weighted by Gasteiger charge is -2.29. The summed E-state index contributed by atoms with van der Waals surface area (Å²) in [6.45, 7) is 3.43.